The molecule has 28 heavy (non-hydrogen) atoms. The molecular formula is C21H21Cl2NO4. The summed E-state index contributed by atoms with van der Waals surface area (Å²) in [7, 11) is 0. The number of ether oxygens (including phenoxy) is 1. The summed E-state index contributed by atoms with van der Waals surface area (Å²) in [5, 5.41) is 22.0. The number of hydrogen-bond donors (Lipinski definition) is 2. The monoisotopic (exact) mass is 421 g/mol. The average Bonchev–Trinajstić information content (AvgIpc) is 2.83. The van der Waals surface area contributed by atoms with Crippen LogP contribution in [0.3, 0.4) is 0 Å². The number of carbonyl (C=O) groups is 1. The van der Waals surface area contributed by atoms with Gasteiger partial charge < -0.3 is 15.1 Å². The van der Waals surface area contributed by atoms with Gasteiger partial charge in [0.05, 0.1) is 11.2 Å². The van der Waals surface area contributed by atoms with Gasteiger partial charge in [-0.3, -0.25) is 0 Å². The first-order valence-electron chi connectivity index (χ1n) is 8.76. The first kappa shape index (κ1) is 20.5. The molecule has 0 fully saturated rings. The lowest BCUT2D eigenvalue weighted by molar-refractivity contribution is -0.139. The van der Waals surface area contributed by atoms with Gasteiger partial charge in [-0.1, -0.05) is 74.3 Å². The van der Waals surface area contributed by atoms with Crippen molar-refractivity contribution in [2.75, 3.05) is 6.61 Å². The third kappa shape index (κ3) is 2.93. The average molecular weight is 422 g/mol. The van der Waals surface area contributed by atoms with Gasteiger partial charge in [-0.25, -0.2) is 4.79 Å². The van der Waals surface area contributed by atoms with Gasteiger partial charge in [-0.15, -0.1) is 5.16 Å². The number of carboxylic acid groups (broad SMARTS) is 1. The van der Waals surface area contributed by atoms with E-state index in [0.717, 1.165) is 16.7 Å². The lowest BCUT2D eigenvalue weighted by Crippen LogP contribution is -2.39. The number of halogens is 2. The Labute approximate surface area is 173 Å². The number of oxime groups is 1. The van der Waals surface area contributed by atoms with Gasteiger partial charge in [0.25, 0.3) is 0 Å². The van der Waals surface area contributed by atoms with Gasteiger partial charge in [0.15, 0.2) is 6.61 Å². The molecular weight excluding hydrogens is 401 g/mol. The molecule has 0 amide bonds. The van der Waals surface area contributed by atoms with Crippen molar-refractivity contribution in [3.8, 4) is 5.75 Å². The lowest BCUT2D eigenvalue weighted by atomic mass is 9.61. The van der Waals surface area contributed by atoms with Crippen LogP contribution in [0, 0.1) is 5.41 Å². The number of carboxylic acids is 1. The van der Waals surface area contributed by atoms with Gasteiger partial charge in [0.1, 0.15) is 10.8 Å². The molecule has 1 aliphatic rings. The summed E-state index contributed by atoms with van der Waals surface area (Å²) >= 11 is 13.0. The molecule has 148 valence electrons. The highest BCUT2D eigenvalue weighted by Gasteiger charge is 2.56. The van der Waals surface area contributed by atoms with Crippen molar-refractivity contribution in [2.24, 2.45) is 10.6 Å². The second-order valence-electron chi connectivity index (χ2n) is 7.60. The van der Waals surface area contributed by atoms with Crippen LogP contribution in [0.5, 0.6) is 5.75 Å². The quantitative estimate of drug-likeness (QED) is 0.387. The molecule has 0 bridgehead atoms. The van der Waals surface area contributed by atoms with Crippen molar-refractivity contribution >= 4 is 35.4 Å². The first-order chi connectivity index (χ1) is 13.2. The van der Waals surface area contributed by atoms with Crippen molar-refractivity contribution in [2.45, 2.75) is 32.1 Å². The minimum absolute atomic E-state index is 0.145. The first-order valence-corrected chi connectivity index (χ1v) is 9.51. The molecule has 2 atom stereocenters. The van der Waals surface area contributed by atoms with Gasteiger partial charge >= 0.3 is 5.97 Å². The van der Waals surface area contributed by atoms with Gasteiger partial charge in [0, 0.05) is 11.3 Å². The summed E-state index contributed by atoms with van der Waals surface area (Å²) in [6.45, 7) is 5.72. The van der Waals surface area contributed by atoms with E-state index >= 15 is 0 Å². The molecule has 0 heterocycles. The fraction of sp³-hybridized carbons (Fsp3) is 0.333. The molecule has 2 N–H and O–H groups in total. The van der Waals surface area contributed by atoms with Gasteiger partial charge in [0.2, 0.25) is 0 Å². The molecule has 2 aromatic rings. The second kappa shape index (κ2) is 7.30. The van der Waals surface area contributed by atoms with Crippen LogP contribution < -0.4 is 4.74 Å². The molecule has 7 heteroatoms. The molecule has 3 rings (SSSR count). The fourth-order valence-corrected chi connectivity index (χ4v) is 4.75. The summed E-state index contributed by atoms with van der Waals surface area (Å²) in [6.07, 6.45) is 1.47. The van der Waals surface area contributed by atoms with Crippen LogP contribution in [-0.4, -0.2) is 29.1 Å². The summed E-state index contributed by atoms with van der Waals surface area (Å²) in [4.78, 5) is 10.9. The second-order valence-corrected chi connectivity index (χ2v) is 8.36. The minimum Gasteiger partial charge on any atom is -0.480 e. The largest absolute Gasteiger partial charge is 0.480 e. The topological polar surface area (TPSA) is 79.1 Å². The Morgan fingerprint density at radius 1 is 1.21 bits per heavy atom. The number of benzene rings is 2. The Bertz CT molecular complexity index is 943. The minimum atomic E-state index is -1.11. The van der Waals surface area contributed by atoms with Crippen molar-refractivity contribution in [1.29, 1.82) is 0 Å². The number of hydrogen-bond acceptors (Lipinski definition) is 4. The zero-order chi connectivity index (χ0) is 20.7. The summed E-state index contributed by atoms with van der Waals surface area (Å²) in [6, 6.07) is 11.7. The molecule has 0 aromatic heterocycles. The Balaban J connectivity index is 2.32. The van der Waals surface area contributed by atoms with Gasteiger partial charge in [-0.2, -0.15) is 0 Å². The van der Waals surface area contributed by atoms with Crippen LogP contribution in [0.25, 0.3) is 0 Å². The predicted molar refractivity (Wildman–Crippen MR) is 109 cm³/mol. The SMILES string of the molecule is CC1(c2ccccc2)c2cc(OCC(=O)O)c(Cl)c(Cl)c2C(/C=N\O)C1(C)C. The van der Waals surface area contributed by atoms with Gasteiger partial charge in [-0.05, 0) is 28.2 Å². The van der Waals surface area contributed by atoms with Crippen LogP contribution in [0.4, 0.5) is 0 Å². The Morgan fingerprint density at radius 2 is 1.86 bits per heavy atom. The maximum absolute atomic E-state index is 10.9. The standard InChI is InChI=1S/C21H21Cl2NO4/c1-20(2)14(10-24-27)17-13(21(20,3)12-7-5-4-6-8-12)9-15(18(22)19(17)23)28-11-16(25)26/h4-10,14,27H,11H2,1-3H3,(H,25,26)/b24-10-. The molecule has 0 spiro atoms. The van der Waals surface area contributed by atoms with E-state index in [9.17, 15) is 10.0 Å². The van der Waals surface area contributed by atoms with Crippen molar-refractivity contribution in [3.63, 3.8) is 0 Å². The van der Waals surface area contributed by atoms with Crippen molar-refractivity contribution < 1.29 is 19.8 Å². The predicted octanol–water partition coefficient (Wildman–Crippen LogP) is 5.35. The van der Waals surface area contributed by atoms with Crippen LogP contribution in [0.1, 0.15) is 43.4 Å². The number of fused-ring (bicyclic) bond motifs is 1. The van der Waals surface area contributed by atoms with E-state index in [2.05, 4.69) is 25.9 Å². The maximum atomic E-state index is 10.9. The van der Waals surface area contributed by atoms with Crippen LogP contribution in [-0.2, 0) is 10.2 Å². The van der Waals surface area contributed by atoms with E-state index in [1.54, 1.807) is 6.07 Å². The van der Waals surface area contributed by atoms with Crippen LogP contribution in [0.15, 0.2) is 41.6 Å². The highest BCUT2D eigenvalue weighted by atomic mass is 35.5. The molecule has 0 radical (unpaired) electrons. The Kier molecular flexibility index (Phi) is 5.34. The van der Waals surface area contributed by atoms with E-state index < -0.39 is 23.4 Å². The third-order valence-corrected chi connectivity index (χ3v) is 6.91. The summed E-state index contributed by atoms with van der Waals surface area (Å²) < 4.78 is 5.40. The van der Waals surface area contributed by atoms with E-state index in [-0.39, 0.29) is 21.7 Å². The van der Waals surface area contributed by atoms with Crippen molar-refractivity contribution in [1.82, 2.24) is 0 Å². The number of aliphatic carboxylic acids is 1. The Morgan fingerprint density at radius 3 is 2.43 bits per heavy atom. The fourth-order valence-electron chi connectivity index (χ4n) is 4.22. The van der Waals surface area contributed by atoms with Crippen molar-refractivity contribution in [3.05, 3.63) is 63.1 Å². The normalized spacial score (nSPS) is 23.0. The zero-order valence-electron chi connectivity index (χ0n) is 15.7. The molecule has 0 saturated heterocycles. The number of rotatable bonds is 5. The highest BCUT2D eigenvalue weighted by Crippen LogP contribution is 2.63. The molecule has 2 aromatic carbocycles. The maximum Gasteiger partial charge on any atom is 0.341 e. The summed E-state index contributed by atoms with van der Waals surface area (Å²) in [5.41, 5.74) is 1.72. The molecule has 2 unspecified atom stereocenters. The number of nitrogens with zero attached hydrogens (tertiary/aromatic N) is 1. The molecule has 1 aliphatic carbocycles. The van der Waals surface area contributed by atoms with E-state index in [0.29, 0.717) is 0 Å². The van der Waals surface area contributed by atoms with E-state index in [4.69, 9.17) is 33.0 Å². The summed E-state index contributed by atoms with van der Waals surface area (Å²) in [5.74, 6) is -1.20. The molecule has 5 nitrogen and oxygen atoms in total. The zero-order valence-corrected chi connectivity index (χ0v) is 17.3. The third-order valence-electron chi connectivity index (χ3n) is 6.04. The smallest absolute Gasteiger partial charge is 0.341 e. The lowest BCUT2D eigenvalue weighted by Gasteiger charge is -2.42. The van der Waals surface area contributed by atoms with Crippen LogP contribution in [0.2, 0.25) is 10.0 Å². The molecule has 0 saturated carbocycles. The highest BCUT2D eigenvalue weighted by molar-refractivity contribution is 6.43. The van der Waals surface area contributed by atoms with E-state index in [1.807, 2.05) is 30.3 Å². The molecule has 0 aliphatic heterocycles. The van der Waals surface area contributed by atoms with E-state index in [1.165, 1.54) is 6.21 Å². The Hall–Kier alpha value is -2.24. The van der Waals surface area contributed by atoms with Crippen LogP contribution >= 0.6 is 23.2 Å².